The maximum absolute atomic E-state index is 12.1. The summed E-state index contributed by atoms with van der Waals surface area (Å²) in [6.07, 6.45) is 0. The van der Waals surface area contributed by atoms with Gasteiger partial charge < -0.3 is 0 Å². The quantitative estimate of drug-likeness (QED) is 0.764. The fourth-order valence-corrected chi connectivity index (χ4v) is 4.94. The molecule has 0 fully saturated rings. The zero-order chi connectivity index (χ0) is 13.3. The van der Waals surface area contributed by atoms with Gasteiger partial charge in [-0.2, -0.15) is 0 Å². The lowest BCUT2D eigenvalue weighted by Crippen LogP contribution is -2.11. The summed E-state index contributed by atoms with van der Waals surface area (Å²) in [6.45, 7) is 0. The molecule has 0 saturated carbocycles. The highest BCUT2D eigenvalue weighted by Crippen LogP contribution is 2.31. The molecule has 1 N–H and O–H groups in total. The molecule has 0 spiro atoms. The maximum atomic E-state index is 12.1. The van der Waals surface area contributed by atoms with E-state index in [2.05, 4.69) is 36.6 Å². The summed E-state index contributed by atoms with van der Waals surface area (Å²) in [5, 5.41) is 0.461. The molecule has 3 nitrogen and oxygen atoms in total. The van der Waals surface area contributed by atoms with Crippen molar-refractivity contribution >= 4 is 70.5 Å². The molecule has 8 heteroatoms. The van der Waals surface area contributed by atoms with Crippen LogP contribution in [0.5, 0.6) is 0 Å². The second-order valence-electron chi connectivity index (χ2n) is 3.29. The Morgan fingerprint density at radius 3 is 2.50 bits per heavy atom. The van der Waals surface area contributed by atoms with Gasteiger partial charge in [0.2, 0.25) is 0 Å². The van der Waals surface area contributed by atoms with E-state index in [1.54, 1.807) is 24.3 Å². The summed E-state index contributed by atoms with van der Waals surface area (Å²) in [4.78, 5) is 0. The number of hydrogen-bond donors (Lipinski definition) is 1. The first kappa shape index (κ1) is 14.3. The minimum Gasteiger partial charge on any atom is -0.278 e. The Bertz CT molecular complexity index is 685. The summed E-state index contributed by atoms with van der Waals surface area (Å²) in [6, 6.07) is 8.13. The van der Waals surface area contributed by atoms with Crippen LogP contribution in [0.3, 0.4) is 0 Å². The zero-order valence-electron chi connectivity index (χ0n) is 8.65. The molecule has 1 aromatic carbocycles. The van der Waals surface area contributed by atoms with E-state index in [0.717, 1.165) is 15.1 Å². The molecule has 0 amide bonds. The van der Waals surface area contributed by atoms with Gasteiger partial charge in [0.15, 0.2) is 0 Å². The van der Waals surface area contributed by atoms with E-state index < -0.39 is 10.0 Å². The van der Waals surface area contributed by atoms with Gasteiger partial charge in [-0.1, -0.05) is 11.6 Å². The van der Waals surface area contributed by atoms with E-state index in [9.17, 15) is 8.42 Å². The van der Waals surface area contributed by atoms with Gasteiger partial charge in [-0.05, 0) is 62.2 Å². The fraction of sp³-hybridized carbons (Fsp3) is 0. The van der Waals surface area contributed by atoms with Crippen molar-refractivity contribution < 1.29 is 8.42 Å². The van der Waals surface area contributed by atoms with E-state index in [0.29, 0.717) is 15.2 Å². The van der Waals surface area contributed by atoms with E-state index in [1.807, 2.05) is 0 Å². The van der Waals surface area contributed by atoms with Crippen LogP contribution in [0, 0.1) is 0 Å². The number of sulfonamides is 1. The third-order valence-corrected chi connectivity index (χ3v) is 6.39. The monoisotopic (exact) mass is 429 g/mol. The highest BCUT2D eigenvalue weighted by Gasteiger charge is 2.17. The summed E-state index contributed by atoms with van der Waals surface area (Å²) in [7, 11) is -3.58. The minimum absolute atomic E-state index is 0.237. The van der Waals surface area contributed by atoms with Crippen molar-refractivity contribution in [3.63, 3.8) is 0 Å². The molecule has 96 valence electrons. The van der Waals surface area contributed by atoms with Crippen molar-refractivity contribution in [2.24, 2.45) is 0 Å². The lowest BCUT2D eigenvalue weighted by Gasteiger charge is -2.08. The SMILES string of the molecule is O=S(=O)(Nc1cc(Cl)ccc1Br)c1ccc(Br)s1. The Balaban J connectivity index is 2.36. The van der Waals surface area contributed by atoms with Crippen molar-refractivity contribution in [2.45, 2.75) is 4.21 Å². The average molecular weight is 432 g/mol. The van der Waals surface area contributed by atoms with Crippen LogP contribution in [0.2, 0.25) is 5.02 Å². The Kier molecular flexibility index (Phi) is 4.38. The predicted octanol–water partition coefficient (Wildman–Crippen LogP) is 4.73. The van der Waals surface area contributed by atoms with Gasteiger partial charge in [-0.15, -0.1) is 11.3 Å². The molecular formula is C10H6Br2ClNO2S2. The third kappa shape index (κ3) is 3.27. The normalized spacial score (nSPS) is 11.5. The number of halogens is 3. The van der Waals surface area contributed by atoms with Crippen LogP contribution < -0.4 is 4.72 Å². The van der Waals surface area contributed by atoms with Crippen LogP contribution in [-0.4, -0.2) is 8.42 Å². The first-order valence-corrected chi connectivity index (χ1v) is 8.88. The van der Waals surface area contributed by atoms with Gasteiger partial charge in [-0.25, -0.2) is 8.42 Å². The zero-order valence-corrected chi connectivity index (χ0v) is 14.2. The lowest BCUT2D eigenvalue weighted by atomic mass is 10.3. The van der Waals surface area contributed by atoms with Gasteiger partial charge in [0.25, 0.3) is 10.0 Å². The lowest BCUT2D eigenvalue weighted by molar-refractivity contribution is 0.603. The second kappa shape index (κ2) is 5.50. The number of thiophene rings is 1. The number of rotatable bonds is 3. The molecule has 0 aliphatic heterocycles. The topological polar surface area (TPSA) is 46.2 Å². The number of anilines is 1. The Morgan fingerprint density at radius 2 is 1.89 bits per heavy atom. The number of benzene rings is 1. The van der Waals surface area contributed by atoms with Gasteiger partial charge in [-0.3, -0.25) is 4.72 Å². The van der Waals surface area contributed by atoms with Crippen LogP contribution >= 0.6 is 54.8 Å². The first-order chi connectivity index (χ1) is 8.38. The molecule has 2 rings (SSSR count). The third-order valence-electron chi connectivity index (χ3n) is 1.99. The predicted molar refractivity (Wildman–Crippen MR) is 82.0 cm³/mol. The molecule has 0 aliphatic carbocycles. The van der Waals surface area contributed by atoms with E-state index in [1.165, 1.54) is 6.07 Å². The molecule has 0 atom stereocenters. The van der Waals surface area contributed by atoms with E-state index >= 15 is 0 Å². The van der Waals surface area contributed by atoms with Crippen molar-refractivity contribution in [3.8, 4) is 0 Å². The molecule has 1 aromatic heterocycles. The fourth-order valence-electron chi connectivity index (χ4n) is 1.21. The van der Waals surface area contributed by atoms with Crippen LogP contribution in [0.25, 0.3) is 0 Å². The highest BCUT2D eigenvalue weighted by molar-refractivity contribution is 9.11. The summed E-state index contributed by atoms with van der Waals surface area (Å²) < 4.78 is 28.3. The molecular weight excluding hydrogens is 426 g/mol. The average Bonchev–Trinajstić information content (AvgIpc) is 2.71. The van der Waals surface area contributed by atoms with Gasteiger partial charge in [0.1, 0.15) is 4.21 Å². The maximum Gasteiger partial charge on any atom is 0.271 e. The van der Waals surface area contributed by atoms with E-state index in [4.69, 9.17) is 11.6 Å². The molecule has 0 bridgehead atoms. The Morgan fingerprint density at radius 1 is 1.17 bits per heavy atom. The van der Waals surface area contributed by atoms with E-state index in [-0.39, 0.29) is 4.21 Å². The minimum atomic E-state index is -3.58. The molecule has 0 radical (unpaired) electrons. The van der Waals surface area contributed by atoms with Gasteiger partial charge in [0.05, 0.1) is 9.47 Å². The summed E-state index contributed by atoms with van der Waals surface area (Å²) in [5.41, 5.74) is 0.409. The molecule has 18 heavy (non-hydrogen) atoms. The first-order valence-electron chi connectivity index (χ1n) is 4.62. The molecule has 0 saturated heterocycles. The molecule has 2 aromatic rings. The number of hydrogen-bond acceptors (Lipinski definition) is 3. The molecule has 0 unspecified atom stereocenters. The molecule has 1 heterocycles. The van der Waals surface area contributed by atoms with Gasteiger partial charge in [0, 0.05) is 9.50 Å². The number of nitrogens with one attached hydrogen (secondary N) is 1. The van der Waals surface area contributed by atoms with Crippen LogP contribution in [-0.2, 0) is 10.0 Å². The largest absolute Gasteiger partial charge is 0.278 e. The van der Waals surface area contributed by atoms with Crippen LogP contribution in [0.1, 0.15) is 0 Å². The smallest absolute Gasteiger partial charge is 0.271 e. The van der Waals surface area contributed by atoms with Crippen molar-refractivity contribution in [1.29, 1.82) is 0 Å². The van der Waals surface area contributed by atoms with Gasteiger partial charge >= 0.3 is 0 Å². The van der Waals surface area contributed by atoms with Crippen LogP contribution in [0.15, 0.2) is 42.8 Å². The second-order valence-corrected chi connectivity index (χ2v) is 8.95. The Hall–Kier alpha value is -0.0800. The summed E-state index contributed by atoms with van der Waals surface area (Å²) in [5.74, 6) is 0. The van der Waals surface area contributed by atoms with Crippen molar-refractivity contribution in [1.82, 2.24) is 0 Å². The van der Waals surface area contributed by atoms with Crippen molar-refractivity contribution in [2.75, 3.05) is 4.72 Å². The Labute approximate surface area is 130 Å². The highest BCUT2D eigenvalue weighted by atomic mass is 79.9. The standard InChI is InChI=1S/C10H6Br2ClNO2S2/c11-7-2-1-6(13)5-8(7)14-18(15,16)10-4-3-9(12)17-10/h1-5,14H. The van der Waals surface area contributed by atoms with Crippen LogP contribution in [0.4, 0.5) is 5.69 Å². The molecule has 0 aliphatic rings. The summed E-state index contributed by atoms with van der Waals surface area (Å²) >= 11 is 13.5. The van der Waals surface area contributed by atoms with Crippen molar-refractivity contribution in [3.05, 3.63) is 43.6 Å².